The fourth-order valence-electron chi connectivity index (χ4n) is 2.79. The maximum atomic E-state index is 13.4. The van der Waals surface area contributed by atoms with Crippen LogP contribution in [0.2, 0.25) is 15.1 Å². The van der Waals surface area contributed by atoms with Crippen molar-refractivity contribution in [3.63, 3.8) is 0 Å². The minimum atomic E-state index is -0.415. The fourth-order valence-corrected chi connectivity index (χ4v) is 3.63. The Morgan fingerprint density at radius 1 is 0.769 bits per heavy atom. The smallest absolute Gasteiger partial charge is 0.124 e. The number of hydrogen-bond donors (Lipinski definition) is 0. The van der Waals surface area contributed by atoms with Crippen molar-refractivity contribution in [2.75, 3.05) is 0 Å². The number of benzene rings is 2. The van der Waals surface area contributed by atoms with Gasteiger partial charge in [0.2, 0.25) is 0 Å². The van der Waals surface area contributed by atoms with Gasteiger partial charge in [0, 0.05) is 22.7 Å². The molecule has 7 heteroatoms. The second kappa shape index (κ2) is 6.80. The largest absolute Gasteiger partial charge is 0.254 e. The Hall–Kier alpha value is -2.27. The minimum absolute atomic E-state index is 0.263. The molecule has 0 bridgehead atoms. The normalized spacial score (nSPS) is 11.1. The number of halogens is 4. The molecular weight excluding hydrogens is 396 g/mol. The van der Waals surface area contributed by atoms with Crippen molar-refractivity contribution in [1.82, 2.24) is 15.0 Å². The highest BCUT2D eigenvalue weighted by atomic mass is 35.5. The van der Waals surface area contributed by atoms with Gasteiger partial charge in [0.05, 0.1) is 26.5 Å². The van der Waals surface area contributed by atoms with Crippen LogP contribution in [0.4, 0.5) is 4.39 Å². The van der Waals surface area contributed by atoms with Crippen molar-refractivity contribution in [1.29, 1.82) is 0 Å². The SMILES string of the molecule is Fc1ccc(-c2ncnc3c(-c4c(Cl)cccc4Cl)nccc23)c(Cl)c1. The number of pyridine rings is 1. The van der Waals surface area contributed by atoms with Gasteiger partial charge in [0.15, 0.2) is 0 Å². The first kappa shape index (κ1) is 17.2. The lowest BCUT2D eigenvalue weighted by molar-refractivity contribution is 0.628. The quantitative estimate of drug-likeness (QED) is 0.385. The molecule has 0 radical (unpaired) electrons. The fraction of sp³-hybridized carbons (Fsp3) is 0. The molecular formula is C19H9Cl3FN3. The average molecular weight is 405 g/mol. The Bertz CT molecular complexity index is 1130. The monoisotopic (exact) mass is 403 g/mol. The molecule has 0 aliphatic heterocycles. The van der Waals surface area contributed by atoms with Gasteiger partial charge < -0.3 is 0 Å². The summed E-state index contributed by atoms with van der Waals surface area (Å²) in [6.07, 6.45) is 3.04. The van der Waals surface area contributed by atoms with Crippen LogP contribution in [-0.2, 0) is 0 Å². The third-order valence-corrected chi connectivity index (χ3v) is 4.88. The first-order valence-electron chi connectivity index (χ1n) is 7.56. The molecule has 128 valence electrons. The minimum Gasteiger partial charge on any atom is -0.254 e. The molecule has 0 fully saturated rings. The number of nitrogens with zero attached hydrogens (tertiary/aromatic N) is 3. The summed E-state index contributed by atoms with van der Waals surface area (Å²) < 4.78 is 13.4. The van der Waals surface area contributed by atoms with Crippen LogP contribution in [0.5, 0.6) is 0 Å². The highest BCUT2D eigenvalue weighted by Gasteiger charge is 2.17. The molecule has 26 heavy (non-hydrogen) atoms. The van der Waals surface area contributed by atoms with Gasteiger partial charge in [-0.25, -0.2) is 14.4 Å². The standard InChI is InChI=1S/C19H9Cl3FN3/c20-13-2-1-3-14(21)16(13)19-18-12(6-7-24-19)17(25-9-26-18)11-5-4-10(23)8-15(11)22/h1-9H. The van der Waals surface area contributed by atoms with Gasteiger partial charge in [-0.2, -0.15) is 0 Å². The second-order valence-electron chi connectivity index (χ2n) is 5.50. The molecule has 2 heterocycles. The Morgan fingerprint density at radius 2 is 1.54 bits per heavy atom. The zero-order valence-electron chi connectivity index (χ0n) is 13.0. The van der Waals surface area contributed by atoms with Crippen molar-refractivity contribution >= 4 is 45.7 Å². The zero-order valence-corrected chi connectivity index (χ0v) is 15.3. The van der Waals surface area contributed by atoms with Gasteiger partial charge in [-0.1, -0.05) is 40.9 Å². The lowest BCUT2D eigenvalue weighted by Crippen LogP contribution is -1.95. The number of aromatic nitrogens is 3. The van der Waals surface area contributed by atoms with Gasteiger partial charge in [0.1, 0.15) is 17.7 Å². The van der Waals surface area contributed by atoms with Crippen molar-refractivity contribution in [3.05, 3.63) is 75.9 Å². The zero-order chi connectivity index (χ0) is 18.3. The topological polar surface area (TPSA) is 38.7 Å². The predicted octanol–water partition coefficient (Wildman–Crippen LogP) is 6.46. The molecule has 0 aliphatic rings. The van der Waals surface area contributed by atoms with Crippen LogP contribution in [0.1, 0.15) is 0 Å². The van der Waals surface area contributed by atoms with E-state index in [9.17, 15) is 4.39 Å². The number of fused-ring (bicyclic) bond motifs is 1. The van der Waals surface area contributed by atoms with E-state index in [-0.39, 0.29) is 5.02 Å². The molecule has 0 aliphatic carbocycles. The molecule has 0 amide bonds. The molecule has 4 aromatic rings. The Labute approximate surface area is 163 Å². The number of rotatable bonds is 2. The molecule has 0 spiro atoms. The highest BCUT2D eigenvalue weighted by Crippen LogP contribution is 2.38. The second-order valence-corrected chi connectivity index (χ2v) is 6.72. The summed E-state index contributed by atoms with van der Waals surface area (Å²) in [5.74, 6) is -0.415. The average Bonchev–Trinajstić information content (AvgIpc) is 2.61. The predicted molar refractivity (Wildman–Crippen MR) is 103 cm³/mol. The van der Waals surface area contributed by atoms with Crippen molar-refractivity contribution in [3.8, 4) is 22.5 Å². The maximum Gasteiger partial charge on any atom is 0.124 e. The summed E-state index contributed by atoms with van der Waals surface area (Å²) in [4.78, 5) is 13.1. The van der Waals surface area contributed by atoms with E-state index >= 15 is 0 Å². The molecule has 0 atom stereocenters. The lowest BCUT2D eigenvalue weighted by atomic mass is 10.0. The van der Waals surface area contributed by atoms with Crippen LogP contribution in [0.15, 0.2) is 55.0 Å². The van der Waals surface area contributed by atoms with E-state index in [2.05, 4.69) is 15.0 Å². The molecule has 2 aromatic heterocycles. The van der Waals surface area contributed by atoms with E-state index in [1.54, 1.807) is 36.5 Å². The molecule has 4 rings (SSSR count). The van der Waals surface area contributed by atoms with Crippen LogP contribution in [0.3, 0.4) is 0 Å². The Morgan fingerprint density at radius 3 is 2.27 bits per heavy atom. The molecule has 0 saturated heterocycles. The van der Waals surface area contributed by atoms with Crippen LogP contribution in [0.25, 0.3) is 33.4 Å². The Balaban J connectivity index is 2.03. The maximum absolute atomic E-state index is 13.4. The van der Waals surface area contributed by atoms with Gasteiger partial charge in [-0.15, -0.1) is 0 Å². The van der Waals surface area contributed by atoms with Gasteiger partial charge in [-0.05, 0) is 36.4 Å². The van der Waals surface area contributed by atoms with Gasteiger partial charge in [0.25, 0.3) is 0 Å². The molecule has 3 nitrogen and oxygen atoms in total. The summed E-state index contributed by atoms with van der Waals surface area (Å²) >= 11 is 18.9. The highest BCUT2D eigenvalue weighted by molar-refractivity contribution is 6.39. The molecule has 0 saturated carbocycles. The first-order valence-corrected chi connectivity index (χ1v) is 8.69. The van der Waals surface area contributed by atoms with Crippen LogP contribution in [-0.4, -0.2) is 15.0 Å². The van der Waals surface area contributed by atoms with Crippen LogP contribution >= 0.6 is 34.8 Å². The van der Waals surface area contributed by atoms with E-state index in [0.29, 0.717) is 43.5 Å². The molecule has 2 aromatic carbocycles. The first-order chi connectivity index (χ1) is 12.6. The van der Waals surface area contributed by atoms with E-state index in [4.69, 9.17) is 34.8 Å². The summed E-state index contributed by atoms with van der Waals surface area (Å²) in [7, 11) is 0. The van der Waals surface area contributed by atoms with Crippen molar-refractivity contribution in [2.24, 2.45) is 0 Å². The summed E-state index contributed by atoms with van der Waals surface area (Å²) in [5.41, 5.74) is 2.89. The molecule has 0 N–H and O–H groups in total. The summed E-state index contributed by atoms with van der Waals surface area (Å²) in [6, 6.07) is 11.2. The van der Waals surface area contributed by atoms with Crippen molar-refractivity contribution in [2.45, 2.75) is 0 Å². The van der Waals surface area contributed by atoms with Gasteiger partial charge >= 0.3 is 0 Å². The number of hydrogen-bond acceptors (Lipinski definition) is 3. The van der Waals surface area contributed by atoms with Crippen LogP contribution in [0, 0.1) is 5.82 Å². The summed E-state index contributed by atoms with van der Waals surface area (Å²) in [5, 5.41) is 1.91. The van der Waals surface area contributed by atoms with E-state index < -0.39 is 5.82 Å². The van der Waals surface area contributed by atoms with E-state index in [0.717, 1.165) is 0 Å². The third-order valence-electron chi connectivity index (χ3n) is 3.94. The van der Waals surface area contributed by atoms with E-state index in [1.807, 2.05) is 0 Å². The third kappa shape index (κ3) is 2.90. The van der Waals surface area contributed by atoms with Crippen LogP contribution < -0.4 is 0 Å². The molecule has 0 unspecified atom stereocenters. The van der Waals surface area contributed by atoms with Gasteiger partial charge in [-0.3, -0.25) is 4.98 Å². The van der Waals surface area contributed by atoms with E-state index in [1.165, 1.54) is 18.5 Å². The summed E-state index contributed by atoms with van der Waals surface area (Å²) in [6.45, 7) is 0. The Kier molecular flexibility index (Phi) is 4.49. The van der Waals surface area contributed by atoms with Crippen molar-refractivity contribution < 1.29 is 4.39 Å². The lowest BCUT2D eigenvalue weighted by Gasteiger charge is -2.11.